The third kappa shape index (κ3) is 4.54. The summed E-state index contributed by atoms with van der Waals surface area (Å²) >= 11 is 0. The summed E-state index contributed by atoms with van der Waals surface area (Å²) in [5.74, 6) is -0.481. The Morgan fingerprint density at radius 3 is 2.19 bits per heavy atom. The Balaban J connectivity index is 1.63. The van der Waals surface area contributed by atoms with Gasteiger partial charge in [0.15, 0.2) is 0 Å². The maximum atomic E-state index is 12.7. The van der Waals surface area contributed by atoms with Gasteiger partial charge < -0.3 is 4.90 Å². The second kappa shape index (κ2) is 7.77. The van der Waals surface area contributed by atoms with Crippen LogP contribution in [0.5, 0.6) is 0 Å². The Morgan fingerprint density at radius 2 is 1.59 bits per heavy atom. The van der Waals surface area contributed by atoms with Crippen molar-refractivity contribution in [2.75, 3.05) is 32.4 Å². The molecule has 0 radical (unpaired) electrons. The molecule has 0 aliphatic carbocycles. The number of imide groups is 1. The third-order valence-electron chi connectivity index (χ3n) is 4.91. The fourth-order valence-electron chi connectivity index (χ4n) is 3.35. The number of hydrogen-bond acceptors (Lipinski definition) is 5. The molecule has 1 aromatic rings. The van der Waals surface area contributed by atoms with Gasteiger partial charge in [-0.1, -0.05) is 12.1 Å². The fourth-order valence-corrected chi connectivity index (χ4v) is 4.22. The number of hydrogen-bond donors (Lipinski definition) is 0. The fraction of sp³-hybridized carbons (Fsp3) is 0.500. The quantitative estimate of drug-likeness (QED) is 0.692. The van der Waals surface area contributed by atoms with Crippen LogP contribution in [0.4, 0.5) is 0 Å². The summed E-state index contributed by atoms with van der Waals surface area (Å²) < 4.78 is 24.8. The Morgan fingerprint density at radius 1 is 0.963 bits per heavy atom. The minimum Gasteiger partial charge on any atom is -0.337 e. The van der Waals surface area contributed by atoms with E-state index in [0.29, 0.717) is 38.2 Å². The molecule has 3 amide bonds. The second-order valence-electron chi connectivity index (χ2n) is 6.88. The van der Waals surface area contributed by atoms with E-state index in [2.05, 4.69) is 0 Å². The highest BCUT2D eigenvalue weighted by Crippen LogP contribution is 2.17. The average molecular weight is 393 g/mol. The summed E-state index contributed by atoms with van der Waals surface area (Å²) in [5, 5.41) is 0. The van der Waals surface area contributed by atoms with Gasteiger partial charge >= 0.3 is 0 Å². The molecule has 9 heteroatoms. The van der Waals surface area contributed by atoms with Crippen LogP contribution >= 0.6 is 0 Å². The van der Waals surface area contributed by atoms with Crippen molar-refractivity contribution in [1.82, 2.24) is 14.1 Å². The maximum Gasteiger partial charge on any atom is 0.253 e. The zero-order valence-electron chi connectivity index (χ0n) is 15.3. The summed E-state index contributed by atoms with van der Waals surface area (Å²) in [7, 11) is -3.25. The van der Waals surface area contributed by atoms with Gasteiger partial charge in [-0.3, -0.25) is 19.3 Å². The molecule has 2 aliphatic heterocycles. The summed E-state index contributed by atoms with van der Waals surface area (Å²) in [5.41, 5.74) is 1.29. The minimum atomic E-state index is -3.25. The van der Waals surface area contributed by atoms with Crippen LogP contribution in [-0.2, 0) is 26.2 Å². The zero-order chi connectivity index (χ0) is 19.6. The van der Waals surface area contributed by atoms with Crippen molar-refractivity contribution in [1.29, 1.82) is 0 Å². The molecule has 0 unspecified atom stereocenters. The van der Waals surface area contributed by atoms with Gasteiger partial charge in [0.1, 0.15) is 0 Å². The molecule has 0 bridgehead atoms. The topological polar surface area (TPSA) is 95.1 Å². The summed E-state index contributed by atoms with van der Waals surface area (Å²) in [4.78, 5) is 39.0. The van der Waals surface area contributed by atoms with Crippen LogP contribution in [0.25, 0.3) is 0 Å². The molecule has 3 rings (SSSR count). The van der Waals surface area contributed by atoms with Crippen LogP contribution in [0.3, 0.4) is 0 Å². The van der Waals surface area contributed by atoms with E-state index >= 15 is 0 Å². The number of carbonyl (C=O) groups excluding carboxylic acids is 3. The zero-order valence-corrected chi connectivity index (χ0v) is 16.1. The molecule has 146 valence electrons. The Kier molecular flexibility index (Phi) is 5.61. The minimum absolute atomic E-state index is 0.148. The van der Waals surface area contributed by atoms with Crippen LogP contribution in [0.1, 0.15) is 35.2 Å². The highest BCUT2D eigenvalue weighted by Gasteiger charge is 2.29. The lowest BCUT2D eigenvalue weighted by molar-refractivity contribution is -0.139. The van der Waals surface area contributed by atoms with Crippen molar-refractivity contribution in [2.45, 2.75) is 25.8 Å². The van der Waals surface area contributed by atoms with E-state index in [9.17, 15) is 22.8 Å². The smallest absolute Gasteiger partial charge is 0.253 e. The Bertz CT molecular complexity index is 834. The summed E-state index contributed by atoms with van der Waals surface area (Å²) in [6.07, 6.45) is 2.29. The number of benzene rings is 1. The normalized spacial score (nSPS) is 19.4. The number of carbonyl (C=O) groups is 3. The molecule has 2 aliphatic rings. The highest BCUT2D eigenvalue weighted by atomic mass is 32.2. The molecule has 0 spiro atoms. The first-order valence-electron chi connectivity index (χ1n) is 8.92. The van der Waals surface area contributed by atoms with E-state index in [-0.39, 0.29) is 37.1 Å². The van der Waals surface area contributed by atoms with Crippen LogP contribution in [0.15, 0.2) is 24.3 Å². The molecule has 2 fully saturated rings. The predicted molar refractivity (Wildman–Crippen MR) is 98.2 cm³/mol. The summed E-state index contributed by atoms with van der Waals surface area (Å²) in [6.45, 7) is 1.79. The first-order chi connectivity index (χ1) is 12.8. The number of amides is 3. The van der Waals surface area contributed by atoms with Crippen LogP contribution in [-0.4, -0.2) is 72.7 Å². The molecule has 8 nitrogen and oxygen atoms in total. The second-order valence-corrected chi connectivity index (χ2v) is 8.86. The largest absolute Gasteiger partial charge is 0.337 e. The lowest BCUT2D eigenvalue weighted by atomic mass is 10.1. The highest BCUT2D eigenvalue weighted by molar-refractivity contribution is 7.88. The van der Waals surface area contributed by atoms with Crippen molar-refractivity contribution >= 4 is 27.7 Å². The summed E-state index contributed by atoms with van der Waals surface area (Å²) in [6, 6.07) is 6.85. The molecular weight excluding hydrogens is 370 g/mol. The molecule has 0 N–H and O–H groups in total. The molecule has 0 aromatic heterocycles. The van der Waals surface area contributed by atoms with E-state index in [1.807, 2.05) is 0 Å². The molecule has 1 aromatic carbocycles. The van der Waals surface area contributed by atoms with E-state index in [4.69, 9.17) is 0 Å². The monoisotopic (exact) mass is 393 g/mol. The van der Waals surface area contributed by atoms with Crippen molar-refractivity contribution < 1.29 is 22.8 Å². The number of nitrogens with zero attached hydrogens (tertiary/aromatic N) is 3. The predicted octanol–water partition coefficient (Wildman–Crippen LogP) is 0.443. The van der Waals surface area contributed by atoms with Crippen molar-refractivity contribution in [3.63, 3.8) is 0 Å². The van der Waals surface area contributed by atoms with Gasteiger partial charge in [-0.15, -0.1) is 0 Å². The number of rotatable bonds is 4. The molecule has 2 heterocycles. The van der Waals surface area contributed by atoms with E-state index in [0.717, 1.165) is 5.56 Å². The van der Waals surface area contributed by atoms with Crippen molar-refractivity contribution in [3.8, 4) is 0 Å². The first kappa shape index (κ1) is 19.5. The van der Waals surface area contributed by atoms with Gasteiger partial charge in [-0.25, -0.2) is 12.7 Å². The molecule has 2 saturated heterocycles. The van der Waals surface area contributed by atoms with Gasteiger partial charge in [0.2, 0.25) is 21.8 Å². The van der Waals surface area contributed by atoms with Crippen LogP contribution in [0, 0.1) is 0 Å². The van der Waals surface area contributed by atoms with Crippen molar-refractivity contribution in [3.05, 3.63) is 35.4 Å². The average Bonchev–Trinajstić information content (AvgIpc) is 2.83. The maximum absolute atomic E-state index is 12.7. The number of sulfonamides is 1. The molecule has 27 heavy (non-hydrogen) atoms. The lowest BCUT2D eigenvalue weighted by Gasteiger charge is -2.21. The molecular formula is C18H23N3O5S. The first-order valence-corrected chi connectivity index (χ1v) is 10.8. The van der Waals surface area contributed by atoms with Gasteiger partial charge in [-0.2, -0.15) is 0 Å². The van der Waals surface area contributed by atoms with Crippen LogP contribution in [0.2, 0.25) is 0 Å². The van der Waals surface area contributed by atoms with Gasteiger partial charge in [-0.05, 0) is 24.1 Å². The van der Waals surface area contributed by atoms with Gasteiger partial charge in [0, 0.05) is 44.6 Å². The lowest BCUT2D eigenvalue weighted by Crippen LogP contribution is -2.37. The van der Waals surface area contributed by atoms with Gasteiger partial charge in [0.25, 0.3) is 5.91 Å². The van der Waals surface area contributed by atoms with Gasteiger partial charge in [0.05, 0.1) is 12.8 Å². The Hall–Kier alpha value is -2.26. The number of likely N-dealkylation sites (tertiary alicyclic amines) is 1. The van der Waals surface area contributed by atoms with E-state index in [1.165, 1.54) is 15.5 Å². The van der Waals surface area contributed by atoms with Crippen LogP contribution < -0.4 is 0 Å². The standard InChI is InChI=1S/C18H23N3O5S/c1-27(25,26)20-10-2-9-19(11-12-20)18(24)15-5-3-14(4-6-15)13-21-16(22)7-8-17(21)23/h3-6H,2,7-13H2,1H3. The molecule has 0 atom stereocenters. The molecule has 0 saturated carbocycles. The SMILES string of the molecule is CS(=O)(=O)N1CCCN(C(=O)c2ccc(CN3C(=O)CCC3=O)cc2)CC1. The van der Waals surface area contributed by atoms with E-state index < -0.39 is 10.0 Å². The third-order valence-corrected chi connectivity index (χ3v) is 6.21. The van der Waals surface area contributed by atoms with E-state index in [1.54, 1.807) is 29.2 Å². The Labute approximate surface area is 158 Å². The van der Waals surface area contributed by atoms with Crippen molar-refractivity contribution in [2.24, 2.45) is 0 Å².